The van der Waals surface area contributed by atoms with Gasteiger partial charge in [0.1, 0.15) is 0 Å². The molecule has 1 aromatic rings. The molecule has 0 aliphatic heterocycles. The van der Waals surface area contributed by atoms with E-state index in [4.69, 9.17) is 0 Å². The van der Waals surface area contributed by atoms with Crippen LogP contribution in [-0.2, 0) is 0 Å². The SMILES string of the molecule is Cc1ccc(C(=O)C2CCCCCCC2)s1. The van der Waals surface area contributed by atoms with Crippen molar-refractivity contribution < 1.29 is 4.79 Å². The van der Waals surface area contributed by atoms with Crippen LogP contribution < -0.4 is 0 Å². The van der Waals surface area contributed by atoms with Gasteiger partial charge in [-0.25, -0.2) is 0 Å². The maximum absolute atomic E-state index is 12.3. The number of thiophene rings is 1. The Morgan fingerprint density at radius 3 is 2.31 bits per heavy atom. The molecule has 1 heterocycles. The summed E-state index contributed by atoms with van der Waals surface area (Å²) in [7, 11) is 0. The van der Waals surface area contributed by atoms with Crippen LogP contribution >= 0.6 is 11.3 Å². The smallest absolute Gasteiger partial charge is 0.175 e. The van der Waals surface area contributed by atoms with E-state index < -0.39 is 0 Å². The molecule has 0 atom stereocenters. The Labute approximate surface area is 102 Å². The predicted molar refractivity (Wildman–Crippen MR) is 69.2 cm³/mol. The highest BCUT2D eigenvalue weighted by Crippen LogP contribution is 2.27. The van der Waals surface area contributed by atoms with E-state index in [2.05, 4.69) is 13.0 Å². The van der Waals surface area contributed by atoms with Crippen molar-refractivity contribution in [3.63, 3.8) is 0 Å². The first-order valence-corrected chi connectivity index (χ1v) is 7.19. The molecular weight excluding hydrogens is 216 g/mol. The minimum Gasteiger partial charge on any atom is -0.293 e. The molecule has 2 heteroatoms. The number of hydrogen-bond donors (Lipinski definition) is 0. The van der Waals surface area contributed by atoms with Crippen molar-refractivity contribution in [2.75, 3.05) is 0 Å². The summed E-state index contributed by atoms with van der Waals surface area (Å²) < 4.78 is 0. The van der Waals surface area contributed by atoms with E-state index >= 15 is 0 Å². The largest absolute Gasteiger partial charge is 0.293 e. The number of Topliss-reactive ketones (excluding diaryl/α,β-unsaturated/α-hetero) is 1. The van der Waals surface area contributed by atoms with E-state index in [-0.39, 0.29) is 0 Å². The van der Waals surface area contributed by atoms with Gasteiger partial charge >= 0.3 is 0 Å². The van der Waals surface area contributed by atoms with Crippen molar-refractivity contribution in [1.29, 1.82) is 0 Å². The molecule has 1 fully saturated rings. The molecular formula is C14H20OS. The van der Waals surface area contributed by atoms with Crippen LogP contribution in [0.3, 0.4) is 0 Å². The number of carbonyl (C=O) groups is 1. The minimum absolute atomic E-state index is 0.304. The average Bonchev–Trinajstić information content (AvgIpc) is 2.63. The molecule has 16 heavy (non-hydrogen) atoms. The molecule has 0 amide bonds. The van der Waals surface area contributed by atoms with E-state index in [0.717, 1.165) is 17.7 Å². The molecule has 0 bridgehead atoms. The highest BCUT2D eigenvalue weighted by atomic mass is 32.1. The Morgan fingerprint density at radius 2 is 1.75 bits per heavy atom. The molecule has 1 saturated carbocycles. The van der Waals surface area contributed by atoms with Crippen LogP contribution in [-0.4, -0.2) is 5.78 Å². The third-order valence-corrected chi connectivity index (χ3v) is 4.47. The first-order valence-electron chi connectivity index (χ1n) is 6.38. The van der Waals surface area contributed by atoms with Crippen LogP contribution in [0, 0.1) is 12.8 Å². The molecule has 1 aliphatic rings. The topological polar surface area (TPSA) is 17.1 Å². The van der Waals surface area contributed by atoms with Crippen molar-refractivity contribution in [3.05, 3.63) is 21.9 Å². The summed E-state index contributed by atoms with van der Waals surface area (Å²) in [5, 5.41) is 0. The minimum atomic E-state index is 0.304. The van der Waals surface area contributed by atoms with Gasteiger partial charge in [-0.1, -0.05) is 32.1 Å². The van der Waals surface area contributed by atoms with Crippen molar-refractivity contribution >= 4 is 17.1 Å². The van der Waals surface area contributed by atoms with Gasteiger partial charge in [-0.05, 0) is 31.9 Å². The fourth-order valence-corrected chi connectivity index (χ4v) is 3.37. The summed E-state index contributed by atoms with van der Waals surface area (Å²) in [6.07, 6.45) is 8.67. The van der Waals surface area contributed by atoms with Gasteiger partial charge in [0.15, 0.2) is 5.78 Å². The van der Waals surface area contributed by atoms with Crippen molar-refractivity contribution in [2.45, 2.75) is 51.9 Å². The number of ketones is 1. The van der Waals surface area contributed by atoms with Crippen molar-refractivity contribution in [2.24, 2.45) is 5.92 Å². The Kier molecular flexibility index (Phi) is 4.16. The predicted octanol–water partition coefficient (Wildman–Crippen LogP) is 4.60. The van der Waals surface area contributed by atoms with Gasteiger partial charge in [-0.3, -0.25) is 4.79 Å². The molecule has 0 N–H and O–H groups in total. The van der Waals surface area contributed by atoms with Gasteiger partial charge in [-0.15, -0.1) is 11.3 Å². The lowest BCUT2D eigenvalue weighted by atomic mass is 9.88. The molecule has 1 aromatic heterocycles. The molecule has 1 nitrogen and oxygen atoms in total. The highest BCUT2D eigenvalue weighted by molar-refractivity contribution is 7.14. The zero-order valence-corrected chi connectivity index (χ0v) is 10.8. The van der Waals surface area contributed by atoms with Crippen LogP contribution in [0.25, 0.3) is 0 Å². The van der Waals surface area contributed by atoms with Gasteiger partial charge in [-0.2, -0.15) is 0 Å². The summed E-state index contributed by atoms with van der Waals surface area (Å²) >= 11 is 1.65. The maximum Gasteiger partial charge on any atom is 0.175 e. The second kappa shape index (κ2) is 5.62. The van der Waals surface area contributed by atoms with E-state index in [0.29, 0.717) is 11.7 Å². The van der Waals surface area contributed by atoms with Gasteiger partial charge < -0.3 is 0 Å². The summed E-state index contributed by atoms with van der Waals surface area (Å²) in [5.41, 5.74) is 0. The van der Waals surface area contributed by atoms with E-state index in [1.807, 2.05) is 6.07 Å². The molecule has 1 aliphatic carbocycles. The quantitative estimate of drug-likeness (QED) is 0.686. The van der Waals surface area contributed by atoms with E-state index in [1.165, 1.54) is 37.0 Å². The standard InChI is InChI=1S/C14H20OS/c1-11-9-10-13(16-11)14(15)12-7-5-3-2-4-6-8-12/h9-10,12H,2-8H2,1H3. The first kappa shape index (κ1) is 11.8. The summed E-state index contributed by atoms with van der Waals surface area (Å²) in [6.45, 7) is 2.07. The third kappa shape index (κ3) is 2.94. The lowest BCUT2D eigenvalue weighted by Gasteiger charge is -2.17. The zero-order valence-electron chi connectivity index (χ0n) is 10.00. The lowest BCUT2D eigenvalue weighted by Crippen LogP contribution is -2.15. The molecule has 0 radical (unpaired) electrons. The molecule has 0 unspecified atom stereocenters. The molecule has 0 saturated heterocycles. The van der Waals surface area contributed by atoms with E-state index in [1.54, 1.807) is 11.3 Å². The number of aryl methyl sites for hydroxylation is 1. The summed E-state index contributed by atoms with van der Waals surface area (Å²) in [5.74, 6) is 0.707. The van der Waals surface area contributed by atoms with Crippen LogP contribution in [0.2, 0.25) is 0 Å². The van der Waals surface area contributed by atoms with E-state index in [9.17, 15) is 4.79 Å². The average molecular weight is 236 g/mol. The van der Waals surface area contributed by atoms with Gasteiger partial charge in [0.05, 0.1) is 4.88 Å². The van der Waals surface area contributed by atoms with Crippen molar-refractivity contribution in [3.8, 4) is 0 Å². The fraction of sp³-hybridized carbons (Fsp3) is 0.643. The zero-order chi connectivity index (χ0) is 11.4. The maximum atomic E-state index is 12.3. The Balaban J connectivity index is 2.01. The first-order chi connectivity index (χ1) is 7.77. The Bertz CT molecular complexity index is 345. The van der Waals surface area contributed by atoms with Gasteiger partial charge in [0.2, 0.25) is 0 Å². The number of rotatable bonds is 2. The van der Waals surface area contributed by atoms with Crippen LogP contribution in [0.4, 0.5) is 0 Å². The lowest BCUT2D eigenvalue weighted by molar-refractivity contribution is 0.0902. The molecule has 0 aromatic carbocycles. The normalized spacial score (nSPS) is 19.1. The molecule has 88 valence electrons. The summed E-state index contributed by atoms with van der Waals surface area (Å²) in [6, 6.07) is 4.06. The van der Waals surface area contributed by atoms with Gasteiger partial charge in [0, 0.05) is 10.8 Å². The fourth-order valence-electron chi connectivity index (χ4n) is 2.49. The van der Waals surface area contributed by atoms with Crippen molar-refractivity contribution in [1.82, 2.24) is 0 Å². The third-order valence-electron chi connectivity index (χ3n) is 3.46. The highest BCUT2D eigenvalue weighted by Gasteiger charge is 2.21. The Hall–Kier alpha value is -0.630. The number of carbonyl (C=O) groups excluding carboxylic acids is 1. The summed E-state index contributed by atoms with van der Waals surface area (Å²) in [4.78, 5) is 14.5. The molecule has 0 spiro atoms. The second-order valence-corrected chi connectivity index (χ2v) is 6.10. The van der Waals surface area contributed by atoms with Crippen LogP contribution in [0.15, 0.2) is 12.1 Å². The van der Waals surface area contributed by atoms with Crippen LogP contribution in [0.5, 0.6) is 0 Å². The molecule has 2 rings (SSSR count). The monoisotopic (exact) mass is 236 g/mol. The second-order valence-electron chi connectivity index (χ2n) is 4.82. The van der Waals surface area contributed by atoms with Gasteiger partial charge in [0.25, 0.3) is 0 Å². The Morgan fingerprint density at radius 1 is 1.12 bits per heavy atom. The van der Waals surface area contributed by atoms with Crippen LogP contribution in [0.1, 0.15) is 59.5 Å². The number of hydrogen-bond acceptors (Lipinski definition) is 2.